The SMILES string of the molecule is N.O=S(=O)(O)c1cccc(O)c1CC1COc2cscc2O1. The van der Waals surface area contributed by atoms with Gasteiger partial charge < -0.3 is 20.7 Å². The zero-order valence-electron chi connectivity index (χ0n) is 11.4. The molecule has 22 heavy (non-hydrogen) atoms. The molecule has 0 saturated heterocycles. The molecule has 3 rings (SSSR count). The van der Waals surface area contributed by atoms with E-state index in [1.54, 1.807) is 5.38 Å². The fourth-order valence-corrected chi connectivity index (χ4v) is 3.61. The van der Waals surface area contributed by atoms with Crippen molar-refractivity contribution in [1.29, 1.82) is 0 Å². The van der Waals surface area contributed by atoms with Crippen molar-refractivity contribution in [2.45, 2.75) is 17.4 Å². The molecule has 1 aromatic carbocycles. The van der Waals surface area contributed by atoms with E-state index in [0.717, 1.165) is 0 Å². The molecular weight excluding hydrogens is 330 g/mol. The summed E-state index contributed by atoms with van der Waals surface area (Å²) in [4.78, 5) is -0.317. The van der Waals surface area contributed by atoms with Crippen LogP contribution in [0.5, 0.6) is 17.2 Å². The van der Waals surface area contributed by atoms with Crippen LogP contribution in [0, 0.1) is 0 Å². The van der Waals surface area contributed by atoms with Crippen LogP contribution in [0.2, 0.25) is 0 Å². The molecule has 1 atom stereocenters. The molecule has 1 aromatic heterocycles. The fraction of sp³-hybridized carbons (Fsp3) is 0.231. The second kappa shape index (κ2) is 6.13. The molecule has 0 saturated carbocycles. The smallest absolute Gasteiger partial charge is 0.294 e. The Hall–Kier alpha value is -1.81. The van der Waals surface area contributed by atoms with Crippen LogP contribution in [0.4, 0.5) is 0 Å². The summed E-state index contributed by atoms with van der Waals surface area (Å²) < 4.78 is 43.2. The molecule has 0 aliphatic carbocycles. The van der Waals surface area contributed by atoms with Gasteiger partial charge in [-0.1, -0.05) is 6.07 Å². The maximum absolute atomic E-state index is 11.4. The van der Waals surface area contributed by atoms with E-state index in [1.807, 2.05) is 5.38 Å². The van der Waals surface area contributed by atoms with Crippen molar-refractivity contribution >= 4 is 21.5 Å². The number of hydrogen-bond donors (Lipinski definition) is 3. The molecule has 2 heterocycles. The van der Waals surface area contributed by atoms with E-state index in [2.05, 4.69) is 0 Å². The van der Waals surface area contributed by atoms with Gasteiger partial charge in [-0.25, -0.2) is 0 Å². The van der Waals surface area contributed by atoms with Crippen molar-refractivity contribution in [3.8, 4) is 17.2 Å². The predicted molar refractivity (Wildman–Crippen MR) is 80.9 cm³/mol. The predicted octanol–water partition coefficient (Wildman–Crippen LogP) is 2.24. The van der Waals surface area contributed by atoms with Crippen molar-refractivity contribution < 1.29 is 27.6 Å². The second-order valence-electron chi connectivity index (χ2n) is 4.58. The Kier molecular flexibility index (Phi) is 4.61. The van der Waals surface area contributed by atoms with E-state index in [9.17, 15) is 18.1 Å². The van der Waals surface area contributed by atoms with Gasteiger partial charge in [0.15, 0.2) is 11.5 Å². The highest BCUT2D eigenvalue weighted by molar-refractivity contribution is 7.85. The van der Waals surface area contributed by atoms with E-state index < -0.39 is 16.2 Å². The maximum atomic E-state index is 11.4. The molecule has 1 aliphatic heterocycles. The molecule has 1 aliphatic rings. The molecule has 7 nitrogen and oxygen atoms in total. The van der Waals surface area contributed by atoms with Gasteiger partial charge in [0.1, 0.15) is 23.4 Å². The minimum Gasteiger partial charge on any atom is -0.508 e. The zero-order valence-corrected chi connectivity index (χ0v) is 13.1. The number of phenolic OH excluding ortho intramolecular Hbond substituents is 1. The van der Waals surface area contributed by atoms with Gasteiger partial charge in [0.2, 0.25) is 0 Å². The highest BCUT2D eigenvalue weighted by atomic mass is 32.2. The molecule has 0 fully saturated rings. The third kappa shape index (κ3) is 3.17. The molecule has 5 N–H and O–H groups in total. The van der Waals surface area contributed by atoms with Crippen LogP contribution in [-0.2, 0) is 16.5 Å². The molecule has 0 bridgehead atoms. The number of aromatic hydroxyl groups is 1. The Morgan fingerprint density at radius 1 is 1.27 bits per heavy atom. The summed E-state index contributed by atoms with van der Waals surface area (Å²) in [6.45, 7) is 0.239. The number of ether oxygens (including phenoxy) is 2. The standard InChI is InChI=1S/C13H12O6S2.H3N/c14-10-2-1-3-13(21(15,16)17)9(10)4-8-5-18-11-6-20-7-12(11)19-8;/h1-3,6-8,14H,4-5H2,(H,15,16,17);1H3. The third-order valence-electron chi connectivity index (χ3n) is 3.13. The van der Waals surface area contributed by atoms with Gasteiger partial charge in [0.05, 0.1) is 0 Å². The van der Waals surface area contributed by atoms with Crippen LogP contribution in [0.15, 0.2) is 33.9 Å². The van der Waals surface area contributed by atoms with E-state index in [0.29, 0.717) is 11.5 Å². The Balaban J connectivity index is 0.00000176. The lowest BCUT2D eigenvalue weighted by atomic mass is 10.1. The highest BCUT2D eigenvalue weighted by Gasteiger charge is 2.26. The maximum Gasteiger partial charge on any atom is 0.294 e. The Morgan fingerprint density at radius 2 is 2.00 bits per heavy atom. The van der Waals surface area contributed by atoms with Crippen LogP contribution >= 0.6 is 11.3 Å². The summed E-state index contributed by atoms with van der Waals surface area (Å²) in [5, 5.41) is 13.5. The Labute approximate surface area is 131 Å². The lowest BCUT2D eigenvalue weighted by molar-refractivity contribution is 0.0917. The van der Waals surface area contributed by atoms with Gasteiger partial charge in [0, 0.05) is 22.7 Å². The summed E-state index contributed by atoms with van der Waals surface area (Å²) in [5.74, 6) is 1.05. The fourth-order valence-electron chi connectivity index (χ4n) is 2.19. The quantitative estimate of drug-likeness (QED) is 0.728. The zero-order chi connectivity index (χ0) is 15.0. The van der Waals surface area contributed by atoms with E-state index in [4.69, 9.17) is 9.47 Å². The van der Waals surface area contributed by atoms with Crippen LogP contribution in [0.25, 0.3) is 0 Å². The molecule has 1 unspecified atom stereocenters. The van der Waals surface area contributed by atoms with Gasteiger partial charge in [-0.2, -0.15) is 8.42 Å². The highest BCUT2D eigenvalue weighted by Crippen LogP contribution is 2.36. The number of hydrogen-bond acceptors (Lipinski definition) is 7. The van der Waals surface area contributed by atoms with Crippen molar-refractivity contribution in [3.63, 3.8) is 0 Å². The van der Waals surface area contributed by atoms with Gasteiger partial charge in [-0.15, -0.1) is 11.3 Å². The largest absolute Gasteiger partial charge is 0.508 e. The van der Waals surface area contributed by atoms with Crippen molar-refractivity contribution in [3.05, 3.63) is 34.5 Å². The van der Waals surface area contributed by atoms with Gasteiger partial charge >= 0.3 is 0 Å². The summed E-state index contributed by atoms with van der Waals surface area (Å²) in [5.41, 5.74) is 0.118. The molecule has 2 aromatic rings. The van der Waals surface area contributed by atoms with E-state index in [-0.39, 0.29) is 35.4 Å². The first-order valence-electron chi connectivity index (χ1n) is 6.09. The van der Waals surface area contributed by atoms with Crippen molar-refractivity contribution in [2.24, 2.45) is 0 Å². The lowest BCUT2D eigenvalue weighted by Gasteiger charge is -2.25. The van der Waals surface area contributed by atoms with Crippen molar-refractivity contribution in [1.82, 2.24) is 6.15 Å². The topological polar surface area (TPSA) is 128 Å². The first-order chi connectivity index (χ1) is 9.95. The number of fused-ring (bicyclic) bond motifs is 1. The number of thiophene rings is 1. The summed E-state index contributed by atoms with van der Waals surface area (Å²) >= 11 is 1.44. The van der Waals surface area contributed by atoms with Crippen LogP contribution in [-0.4, -0.2) is 30.8 Å². The van der Waals surface area contributed by atoms with Crippen LogP contribution in [0.3, 0.4) is 0 Å². The van der Waals surface area contributed by atoms with E-state index in [1.165, 1.54) is 29.5 Å². The molecule has 120 valence electrons. The van der Waals surface area contributed by atoms with Crippen LogP contribution in [0.1, 0.15) is 5.56 Å². The molecule has 0 amide bonds. The average molecular weight is 345 g/mol. The number of phenols is 1. The Bertz CT molecular complexity index is 771. The minimum absolute atomic E-state index is 0. The average Bonchev–Trinajstić information content (AvgIpc) is 2.87. The number of benzene rings is 1. The monoisotopic (exact) mass is 345 g/mol. The van der Waals surface area contributed by atoms with Gasteiger partial charge in [-0.3, -0.25) is 4.55 Å². The summed E-state index contributed by atoms with van der Waals surface area (Å²) in [7, 11) is -4.41. The summed E-state index contributed by atoms with van der Waals surface area (Å²) in [6, 6.07) is 3.96. The molecular formula is C13H15NO6S2. The summed E-state index contributed by atoms with van der Waals surface area (Å²) in [6.07, 6.45) is -0.335. The second-order valence-corrected chi connectivity index (χ2v) is 6.72. The molecule has 0 radical (unpaired) electrons. The van der Waals surface area contributed by atoms with Gasteiger partial charge in [-0.05, 0) is 12.1 Å². The molecule has 9 heteroatoms. The number of rotatable bonds is 3. The van der Waals surface area contributed by atoms with Gasteiger partial charge in [0.25, 0.3) is 10.1 Å². The minimum atomic E-state index is -4.41. The molecule has 0 spiro atoms. The third-order valence-corrected chi connectivity index (χ3v) is 4.77. The normalized spacial score (nSPS) is 16.9. The Morgan fingerprint density at radius 3 is 2.73 bits per heavy atom. The lowest BCUT2D eigenvalue weighted by Crippen LogP contribution is -2.31. The van der Waals surface area contributed by atoms with Crippen molar-refractivity contribution in [2.75, 3.05) is 6.61 Å². The van der Waals surface area contributed by atoms with Crippen LogP contribution < -0.4 is 15.6 Å². The first kappa shape index (κ1) is 16.6. The van der Waals surface area contributed by atoms with E-state index >= 15 is 0 Å². The first-order valence-corrected chi connectivity index (χ1v) is 8.47.